The molecule has 1 aromatic carbocycles. The average molecular weight is 379 g/mol. The molecule has 0 spiro atoms. The van der Waals surface area contributed by atoms with E-state index in [9.17, 15) is 0 Å². The molecular formula is C20H25N7O. The number of fused-ring (bicyclic) bond motifs is 1. The predicted octanol–water partition coefficient (Wildman–Crippen LogP) is 2.08. The van der Waals surface area contributed by atoms with Crippen molar-refractivity contribution < 1.29 is 4.74 Å². The molecule has 3 aromatic rings. The zero-order valence-electron chi connectivity index (χ0n) is 16.0. The number of ether oxygens (including phenoxy) is 1. The number of rotatable bonds is 3. The molecule has 2 saturated heterocycles. The van der Waals surface area contributed by atoms with Crippen molar-refractivity contribution >= 4 is 22.5 Å². The zero-order valence-corrected chi connectivity index (χ0v) is 16.0. The Morgan fingerprint density at radius 3 is 2.64 bits per heavy atom. The zero-order chi connectivity index (χ0) is 19.3. The number of piperidine rings is 1. The lowest BCUT2D eigenvalue weighted by Crippen LogP contribution is -2.61. The van der Waals surface area contributed by atoms with E-state index in [0.29, 0.717) is 11.7 Å². The first-order valence-corrected chi connectivity index (χ1v) is 9.72. The van der Waals surface area contributed by atoms with Crippen molar-refractivity contribution in [2.24, 2.45) is 0 Å². The second kappa shape index (κ2) is 6.42. The number of hydrogen-bond donors (Lipinski definition) is 2. The van der Waals surface area contributed by atoms with Crippen LogP contribution in [0.2, 0.25) is 0 Å². The van der Waals surface area contributed by atoms with E-state index >= 15 is 0 Å². The first-order chi connectivity index (χ1) is 13.5. The molecule has 0 bridgehead atoms. The van der Waals surface area contributed by atoms with Gasteiger partial charge in [0.15, 0.2) is 0 Å². The van der Waals surface area contributed by atoms with Crippen molar-refractivity contribution in [2.75, 3.05) is 37.8 Å². The van der Waals surface area contributed by atoms with Crippen molar-refractivity contribution in [1.29, 1.82) is 0 Å². The van der Waals surface area contributed by atoms with Gasteiger partial charge in [0.1, 0.15) is 0 Å². The van der Waals surface area contributed by atoms with E-state index in [4.69, 9.17) is 16.2 Å². The molecule has 2 aliphatic rings. The van der Waals surface area contributed by atoms with Crippen LogP contribution in [0.4, 0.5) is 11.6 Å². The molecule has 0 atom stereocenters. The molecule has 8 nitrogen and oxygen atoms in total. The molecule has 4 N–H and O–H groups in total. The maximum Gasteiger partial charge on any atom is 0.221 e. The third kappa shape index (κ3) is 2.80. The number of hydrogen-bond acceptors (Lipinski definition) is 7. The van der Waals surface area contributed by atoms with Crippen LogP contribution in [0.25, 0.3) is 22.2 Å². The number of aromatic nitrogens is 4. The summed E-state index contributed by atoms with van der Waals surface area (Å²) in [7, 11) is 0. The fourth-order valence-corrected chi connectivity index (χ4v) is 4.35. The SMILES string of the molecule is CC1(N2CCC(n3cc(-c4nc(N)nc5cccc(N)c45)cn3)CC2)COC1. The molecule has 2 aromatic heterocycles. The molecule has 0 saturated carbocycles. The van der Waals surface area contributed by atoms with Gasteiger partial charge in [-0.1, -0.05) is 6.07 Å². The molecule has 4 heterocycles. The Morgan fingerprint density at radius 2 is 1.93 bits per heavy atom. The van der Waals surface area contributed by atoms with Crippen molar-refractivity contribution in [3.63, 3.8) is 0 Å². The summed E-state index contributed by atoms with van der Waals surface area (Å²) >= 11 is 0. The first-order valence-electron chi connectivity index (χ1n) is 9.72. The third-order valence-corrected chi connectivity index (χ3v) is 6.08. The summed E-state index contributed by atoms with van der Waals surface area (Å²) in [5.74, 6) is 0.241. The third-order valence-electron chi connectivity index (χ3n) is 6.08. The summed E-state index contributed by atoms with van der Waals surface area (Å²) < 4.78 is 7.48. The van der Waals surface area contributed by atoms with Crippen LogP contribution >= 0.6 is 0 Å². The van der Waals surface area contributed by atoms with Gasteiger partial charge in [-0.15, -0.1) is 0 Å². The van der Waals surface area contributed by atoms with Crippen molar-refractivity contribution in [3.8, 4) is 11.3 Å². The number of nitrogens with zero attached hydrogens (tertiary/aromatic N) is 5. The van der Waals surface area contributed by atoms with Crippen LogP contribution in [-0.4, -0.2) is 56.5 Å². The molecule has 0 unspecified atom stereocenters. The van der Waals surface area contributed by atoms with Crippen molar-refractivity contribution in [2.45, 2.75) is 31.3 Å². The molecule has 2 fully saturated rings. The van der Waals surface area contributed by atoms with Crippen LogP contribution in [0.15, 0.2) is 30.6 Å². The van der Waals surface area contributed by atoms with E-state index in [2.05, 4.69) is 37.8 Å². The topological polar surface area (TPSA) is 108 Å². The van der Waals surface area contributed by atoms with Gasteiger partial charge in [-0.3, -0.25) is 9.58 Å². The van der Waals surface area contributed by atoms with Crippen LogP contribution in [-0.2, 0) is 4.74 Å². The molecular weight excluding hydrogens is 354 g/mol. The molecule has 146 valence electrons. The fraction of sp³-hybridized carbons (Fsp3) is 0.450. The van der Waals surface area contributed by atoms with Crippen molar-refractivity contribution in [3.05, 3.63) is 30.6 Å². The fourth-order valence-electron chi connectivity index (χ4n) is 4.35. The standard InChI is InChI=1S/C20H25N7O/c1-20(11-28-12-20)26-7-5-14(6-8-26)27-10-13(9-23-27)18-17-15(21)3-2-4-16(17)24-19(22)25-18/h2-4,9-10,14H,5-8,11-12,21H2,1H3,(H2,22,24,25). The van der Waals surface area contributed by atoms with Crippen LogP contribution in [0, 0.1) is 0 Å². The molecule has 5 rings (SSSR count). The first kappa shape index (κ1) is 17.4. The summed E-state index contributed by atoms with van der Waals surface area (Å²) in [6.45, 7) is 6.10. The van der Waals surface area contributed by atoms with E-state index in [-0.39, 0.29) is 11.5 Å². The molecule has 28 heavy (non-hydrogen) atoms. The summed E-state index contributed by atoms with van der Waals surface area (Å²) in [5, 5.41) is 5.46. The number of anilines is 2. The Kier molecular flexibility index (Phi) is 3.99. The summed E-state index contributed by atoms with van der Waals surface area (Å²) in [6.07, 6.45) is 6.06. The van der Waals surface area contributed by atoms with E-state index < -0.39 is 0 Å². The van der Waals surface area contributed by atoms with Gasteiger partial charge in [0.2, 0.25) is 5.95 Å². The second-order valence-electron chi connectivity index (χ2n) is 8.09. The summed E-state index contributed by atoms with van der Waals surface area (Å²) in [5.41, 5.74) is 15.4. The van der Waals surface area contributed by atoms with Gasteiger partial charge in [-0.2, -0.15) is 5.10 Å². The van der Waals surface area contributed by atoms with E-state index in [1.54, 1.807) is 0 Å². The molecule has 0 radical (unpaired) electrons. The lowest BCUT2D eigenvalue weighted by molar-refractivity contribution is -0.137. The van der Waals surface area contributed by atoms with Gasteiger partial charge in [0.05, 0.1) is 42.2 Å². The Morgan fingerprint density at radius 1 is 1.14 bits per heavy atom. The quantitative estimate of drug-likeness (QED) is 0.671. The Bertz CT molecular complexity index is 1020. The second-order valence-corrected chi connectivity index (χ2v) is 8.09. The van der Waals surface area contributed by atoms with E-state index in [0.717, 1.165) is 61.3 Å². The Balaban J connectivity index is 1.41. The lowest BCUT2D eigenvalue weighted by atomic mass is 9.93. The van der Waals surface area contributed by atoms with Gasteiger partial charge in [-0.25, -0.2) is 9.97 Å². The van der Waals surface area contributed by atoms with Gasteiger partial charge in [0.25, 0.3) is 0 Å². The lowest BCUT2D eigenvalue weighted by Gasteiger charge is -2.49. The number of likely N-dealkylation sites (tertiary alicyclic amines) is 1. The molecule has 2 aliphatic heterocycles. The number of nitrogens with two attached hydrogens (primary N) is 2. The highest BCUT2D eigenvalue weighted by Crippen LogP contribution is 2.34. The Hall–Kier alpha value is -2.71. The summed E-state index contributed by atoms with van der Waals surface area (Å²) in [6, 6.07) is 6.02. The maximum absolute atomic E-state index is 6.20. The van der Waals surface area contributed by atoms with Crippen LogP contribution in [0.1, 0.15) is 25.8 Å². The molecule has 0 aliphatic carbocycles. The largest absolute Gasteiger partial charge is 0.398 e. The Labute approximate surface area is 163 Å². The summed E-state index contributed by atoms with van der Waals surface area (Å²) in [4.78, 5) is 11.3. The minimum Gasteiger partial charge on any atom is -0.398 e. The molecule has 0 amide bonds. The van der Waals surface area contributed by atoms with Crippen LogP contribution in [0.3, 0.4) is 0 Å². The highest BCUT2D eigenvalue weighted by atomic mass is 16.5. The van der Waals surface area contributed by atoms with Gasteiger partial charge in [-0.05, 0) is 31.9 Å². The van der Waals surface area contributed by atoms with Gasteiger partial charge in [0, 0.05) is 35.9 Å². The smallest absolute Gasteiger partial charge is 0.221 e. The number of nitrogen functional groups attached to an aromatic ring is 2. The highest BCUT2D eigenvalue weighted by Gasteiger charge is 2.41. The van der Waals surface area contributed by atoms with Crippen LogP contribution < -0.4 is 11.5 Å². The molecule has 8 heteroatoms. The highest BCUT2D eigenvalue weighted by molar-refractivity contribution is 6.01. The maximum atomic E-state index is 6.20. The van der Waals surface area contributed by atoms with E-state index in [1.165, 1.54) is 0 Å². The minimum absolute atomic E-state index is 0.217. The normalized spacial score (nSPS) is 20.3. The van der Waals surface area contributed by atoms with Gasteiger partial charge >= 0.3 is 0 Å². The monoisotopic (exact) mass is 379 g/mol. The average Bonchev–Trinajstić information content (AvgIpc) is 3.16. The van der Waals surface area contributed by atoms with Crippen LogP contribution in [0.5, 0.6) is 0 Å². The number of benzene rings is 1. The van der Waals surface area contributed by atoms with Crippen molar-refractivity contribution in [1.82, 2.24) is 24.6 Å². The van der Waals surface area contributed by atoms with E-state index in [1.807, 2.05) is 24.4 Å². The predicted molar refractivity (Wildman–Crippen MR) is 109 cm³/mol. The van der Waals surface area contributed by atoms with Gasteiger partial charge < -0.3 is 16.2 Å². The minimum atomic E-state index is 0.217.